The van der Waals surface area contributed by atoms with Gasteiger partial charge in [0.1, 0.15) is 0 Å². The fourth-order valence-corrected chi connectivity index (χ4v) is 1.58. The average molecular weight is 185 g/mol. The number of unbranched alkanes of at least 4 members (excludes halogenated alkanes) is 3. The van der Waals surface area contributed by atoms with Gasteiger partial charge in [-0.3, -0.25) is 0 Å². The molecule has 13 heavy (non-hydrogen) atoms. The third-order valence-corrected chi connectivity index (χ3v) is 2.56. The van der Waals surface area contributed by atoms with Crippen LogP contribution in [0.2, 0.25) is 0 Å². The van der Waals surface area contributed by atoms with Crippen LogP contribution in [0.4, 0.5) is 0 Å². The molecule has 0 saturated carbocycles. The Kier molecular flexibility index (Phi) is 7.35. The van der Waals surface area contributed by atoms with Gasteiger partial charge in [-0.1, -0.05) is 53.4 Å². The first kappa shape index (κ1) is 13.0. The van der Waals surface area contributed by atoms with Crippen molar-refractivity contribution in [3.05, 3.63) is 0 Å². The highest BCUT2D eigenvalue weighted by Crippen LogP contribution is 2.22. The van der Waals surface area contributed by atoms with E-state index in [2.05, 4.69) is 33.0 Å². The number of hydrogen-bond acceptors (Lipinski definition) is 1. The van der Waals surface area contributed by atoms with Crippen molar-refractivity contribution < 1.29 is 0 Å². The van der Waals surface area contributed by atoms with Crippen LogP contribution in [-0.2, 0) is 0 Å². The van der Waals surface area contributed by atoms with Crippen LogP contribution in [0.3, 0.4) is 0 Å². The van der Waals surface area contributed by atoms with E-state index >= 15 is 0 Å². The highest BCUT2D eigenvalue weighted by molar-refractivity contribution is 4.70. The molecule has 0 heterocycles. The van der Waals surface area contributed by atoms with Crippen molar-refractivity contribution in [2.75, 3.05) is 13.1 Å². The SMILES string of the molecule is CCCCCCC(C)(C)CNCC. The summed E-state index contributed by atoms with van der Waals surface area (Å²) >= 11 is 0. The van der Waals surface area contributed by atoms with Crippen molar-refractivity contribution >= 4 is 0 Å². The van der Waals surface area contributed by atoms with Crippen LogP contribution in [0.15, 0.2) is 0 Å². The van der Waals surface area contributed by atoms with Crippen molar-refractivity contribution in [1.82, 2.24) is 5.32 Å². The lowest BCUT2D eigenvalue weighted by molar-refractivity contribution is 0.304. The molecule has 0 radical (unpaired) electrons. The van der Waals surface area contributed by atoms with Gasteiger partial charge in [-0.25, -0.2) is 0 Å². The molecular weight excluding hydrogens is 158 g/mol. The first-order valence-corrected chi connectivity index (χ1v) is 5.83. The Balaban J connectivity index is 3.39. The van der Waals surface area contributed by atoms with Crippen molar-refractivity contribution in [1.29, 1.82) is 0 Å². The second-order valence-corrected chi connectivity index (χ2v) is 4.76. The van der Waals surface area contributed by atoms with Crippen molar-refractivity contribution in [3.8, 4) is 0 Å². The number of nitrogens with one attached hydrogen (secondary N) is 1. The van der Waals surface area contributed by atoms with Gasteiger partial charge in [0.25, 0.3) is 0 Å². The van der Waals surface area contributed by atoms with Gasteiger partial charge in [0.05, 0.1) is 0 Å². The minimum absolute atomic E-state index is 0.490. The molecule has 0 atom stereocenters. The lowest BCUT2D eigenvalue weighted by Crippen LogP contribution is -2.29. The van der Waals surface area contributed by atoms with Crippen LogP contribution in [0.5, 0.6) is 0 Å². The Morgan fingerprint density at radius 3 is 2.23 bits per heavy atom. The Morgan fingerprint density at radius 2 is 1.69 bits per heavy atom. The Labute approximate surface area is 84.3 Å². The molecule has 0 saturated heterocycles. The van der Waals surface area contributed by atoms with Gasteiger partial charge in [-0.05, 0) is 18.4 Å². The predicted molar refractivity (Wildman–Crippen MR) is 61.1 cm³/mol. The van der Waals surface area contributed by atoms with E-state index in [4.69, 9.17) is 0 Å². The second kappa shape index (κ2) is 7.37. The van der Waals surface area contributed by atoms with Gasteiger partial charge in [-0.2, -0.15) is 0 Å². The van der Waals surface area contributed by atoms with E-state index < -0.39 is 0 Å². The van der Waals surface area contributed by atoms with Crippen molar-refractivity contribution in [3.63, 3.8) is 0 Å². The molecule has 0 amide bonds. The monoisotopic (exact) mass is 185 g/mol. The molecule has 0 unspecified atom stereocenters. The topological polar surface area (TPSA) is 12.0 Å². The zero-order chi connectivity index (χ0) is 10.2. The number of hydrogen-bond donors (Lipinski definition) is 1. The van der Waals surface area contributed by atoms with Crippen LogP contribution in [0.1, 0.15) is 59.8 Å². The highest BCUT2D eigenvalue weighted by Gasteiger charge is 2.15. The third-order valence-electron chi connectivity index (χ3n) is 2.56. The smallest absolute Gasteiger partial charge is 0.000240 e. The molecule has 0 aliphatic carbocycles. The first-order valence-electron chi connectivity index (χ1n) is 5.83. The van der Waals surface area contributed by atoms with E-state index in [0.29, 0.717) is 5.41 Å². The van der Waals surface area contributed by atoms with Gasteiger partial charge in [0.2, 0.25) is 0 Å². The van der Waals surface area contributed by atoms with Gasteiger partial charge >= 0.3 is 0 Å². The quantitative estimate of drug-likeness (QED) is 0.570. The predicted octanol–water partition coefficient (Wildman–Crippen LogP) is 3.59. The maximum atomic E-state index is 3.43. The van der Waals surface area contributed by atoms with E-state index in [1.807, 2.05) is 0 Å². The fourth-order valence-electron chi connectivity index (χ4n) is 1.58. The van der Waals surface area contributed by atoms with Crippen LogP contribution in [0.25, 0.3) is 0 Å². The van der Waals surface area contributed by atoms with Crippen LogP contribution < -0.4 is 5.32 Å². The third kappa shape index (κ3) is 8.29. The molecule has 1 N–H and O–H groups in total. The summed E-state index contributed by atoms with van der Waals surface area (Å²) in [7, 11) is 0. The molecule has 0 fully saturated rings. The lowest BCUT2D eigenvalue weighted by Gasteiger charge is -2.24. The molecule has 0 aliphatic rings. The molecule has 0 aromatic carbocycles. The molecule has 0 rings (SSSR count). The highest BCUT2D eigenvalue weighted by atomic mass is 14.9. The molecule has 0 aromatic heterocycles. The second-order valence-electron chi connectivity index (χ2n) is 4.76. The minimum Gasteiger partial charge on any atom is -0.316 e. The molecular formula is C12H27N. The molecule has 0 spiro atoms. The normalized spacial score (nSPS) is 12.0. The largest absolute Gasteiger partial charge is 0.316 e. The summed E-state index contributed by atoms with van der Waals surface area (Å²) in [6.07, 6.45) is 6.91. The molecule has 0 bridgehead atoms. The summed E-state index contributed by atoms with van der Waals surface area (Å²) in [5, 5.41) is 3.43. The van der Waals surface area contributed by atoms with Gasteiger partial charge in [0.15, 0.2) is 0 Å². The molecule has 0 aromatic rings. The molecule has 1 nitrogen and oxygen atoms in total. The first-order chi connectivity index (χ1) is 6.12. The standard InChI is InChI=1S/C12H27N/c1-5-7-8-9-10-12(3,4)11-13-6-2/h13H,5-11H2,1-4H3. The average Bonchev–Trinajstić information content (AvgIpc) is 2.09. The van der Waals surface area contributed by atoms with E-state index in [1.165, 1.54) is 32.1 Å². The van der Waals surface area contributed by atoms with Crippen molar-refractivity contribution in [2.24, 2.45) is 5.41 Å². The van der Waals surface area contributed by atoms with Gasteiger partial charge < -0.3 is 5.32 Å². The molecule has 80 valence electrons. The van der Waals surface area contributed by atoms with E-state index in [9.17, 15) is 0 Å². The maximum Gasteiger partial charge on any atom is 0.000240 e. The lowest BCUT2D eigenvalue weighted by atomic mass is 9.87. The minimum atomic E-state index is 0.490. The Hall–Kier alpha value is -0.0400. The summed E-state index contributed by atoms with van der Waals surface area (Å²) in [5.41, 5.74) is 0.490. The summed E-state index contributed by atoms with van der Waals surface area (Å²) in [5.74, 6) is 0. The Morgan fingerprint density at radius 1 is 1.00 bits per heavy atom. The van der Waals surface area contributed by atoms with E-state index in [-0.39, 0.29) is 0 Å². The van der Waals surface area contributed by atoms with Gasteiger partial charge in [-0.15, -0.1) is 0 Å². The van der Waals surface area contributed by atoms with Gasteiger partial charge in [0, 0.05) is 6.54 Å². The summed E-state index contributed by atoms with van der Waals surface area (Å²) in [6.45, 7) is 11.4. The summed E-state index contributed by atoms with van der Waals surface area (Å²) < 4.78 is 0. The zero-order valence-corrected chi connectivity index (χ0v) is 9.95. The van der Waals surface area contributed by atoms with Crippen LogP contribution in [0, 0.1) is 5.41 Å². The van der Waals surface area contributed by atoms with Crippen LogP contribution >= 0.6 is 0 Å². The summed E-state index contributed by atoms with van der Waals surface area (Å²) in [6, 6.07) is 0. The van der Waals surface area contributed by atoms with Crippen LogP contribution in [-0.4, -0.2) is 13.1 Å². The number of rotatable bonds is 8. The zero-order valence-electron chi connectivity index (χ0n) is 9.95. The molecule has 1 heteroatoms. The van der Waals surface area contributed by atoms with Crippen molar-refractivity contribution in [2.45, 2.75) is 59.8 Å². The summed E-state index contributed by atoms with van der Waals surface area (Å²) in [4.78, 5) is 0. The van der Waals surface area contributed by atoms with E-state index in [0.717, 1.165) is 13.1 Å². The Bertz CT molecular complexity index is 108. The molecule has 0 aliphatic heterocycles. The fraction of sp³-hybridized carbons (Fsp3) is 1.00. The van der Waals surface area contributed by atoms with E-state index in [1.54, 1.807) is 0 Å². The maximum absolute atomic E-state index is 3.43.